The van der Waals surface area contributed by atoms with Gasteiger partial charge in [0, 0.05) is 25.3 Å². The molecule has 1 fully saturated rings. The lowest BCUT2D eigenvalue weighted by Crippen LogP contribution is -2.36. The van der Waals surface area contributed by atoms with Gasteiger partial charge in [-0.1, -0.05) is 5.21 Å². The van der Waals surface area contributed by atoms with Gasteiger partial charge in [-0.25, -0.2) is 18.2 Å². The number of rotatable bonds is 6. The number of hydrogen-bond donors (Lipinski definition) is 1. The number of likely N-dealkylation sites (tertiary alicyclic amines) is 1. The third-order valence-electron chi connectivity index (χ3n) is 3.68. The van der Waals surface area contributed by atoms with Crippen molar-refractivity contribution in [3.63, 3.8) is 0 Å². The molecule has 0 saturated carbocycles. The standard InChI is InChI=1S/C11H22N6O2S/c1-15(2)10-8-16(5-3-7-20(12,18)19)9-11(10)17-6-4-13-14-17/h4,6,10-11H,3,5,7-9H2,1-2H3,(H2,12,18,19)/t10-,11+/m1/s1. The molecule has 1 aromatic rings. The summed E-state index contributed by atoms with van der Waals surface area (Å²) < 4.78 is 23.8. The highest BCUT2D eigenvalue weighted by Gasteiger charge is 2.35. The molecule has 0 spiro atoms. The zero-order valence-electron chi connectivity index (χ0n) is 11.9. The van der Waals surface area contributed by atoms with Gasteiger partial charge in [-0.2, -0.15) is 0 Å². The van der Waals surface area contributed by atoms with Crippen LogP contribution in [-0.4, -0.2) is 78.7 Å². The Balaban J connectivity index is 1.94. The first-order chi connectivity index (χ1) is 9.37. The fourth-order valence-corrected chi connectivity index (χ4v) is 3.21. The zero-order chi connectivity index (χ0) is 14.8. The second kappa shape index (κ2) is 6.17. The van der Waals surface area contributed by atoms with Crippen molar-refractivity contribution < 1.29 is 8.42 Å². The summed E-state index contributed by atoms with van der Waals surface area (Å²) in [5.41, 5.74) is 0. The molecule has 0 bridgehead atoms. The van der Waals surface area contributed by atoms with Crippen molar-refractivity contribution in [1.82, 2.24) is 24.8 Å². The van der Waals surface area contributed by atoms with Crippen molar-refractivity contribution in [1.29, 1.82) is 0 Å². The van der Waals surface area contributed by atoms with Crippen molar-refractivity contribution >= 4 is 10.0 Å². The Morgan fingerprint density at radius 3 is 2.70 bits per heavy atom. The Morgan fingerprint density at radius 1 is 1.40 bits per heavy atom. The molecule has 9 heteroatoms. The van der Waals surface area contributed by atoms with E-state index in [0.29, 0.717) is 12.5 Å². The summed E-state index contributed by atoms with van der Waals surface area (Å²) in [5, 5.41) is 13.0. The molecule has 2 heterocycles. The highest BCUT2D eigenvalue weighted by molar-refractivity contribution is 7.89. The molecule has 0 aliphatic carbocycles. The molecule has 20 heavy (non-hydrogen) atoms. The van der Waals surface area contributed by atoms with E-state index in [9.17, 15) is 8.42 Å². The maximum absolute atomic E-state index is 11.0. The topological polar surface area (TPSA) is 97.3 Å². The first-order valence-electron chi connectivity index (χ1n) is 6.62. The number of sulfonamides is 1. The molecule has 2 rings (SSSR count). The summed E-state index contributed by atoms with van der Waals surface area (Å²) in [7, 11) is 0.721. The minimum Gasteiger partial charge on any atom is -0.303 e. The molecule has 114 valence electrons. The first kappa shape index (κ1) is 15.4. The predicted octanol–water partition coefficient (Wildman–Crippen LogP) is -1.26. The van der Waals surface area contributed by atoms with E-state index in [2.05, 4.69) is 20.1 Å². The summed E-state index contributed by atoms with van der Waals surface area (Å²) in [6.07, 6.45) is 4.11. The second-order valence-corrected chi connectivity index (χ2v) is 7.20. The SMILES string of the molecule is CN(C)[C@@H]1CN(CCCS(N)(=O)=O)C[C@@H]1n1ccnn1. The summed E-state index contributed by atoms with van der Waals surface area (Å²) in [6.45, 7) is 2.46. The van der Waals surface area contributed by atoms with Crippen LogP contribution in [0.4, 0.5) is 0 Å². The highest BCUT2D eigenvalue weighted by atomic mass is 32.2. The van der Waals surface area contributed by atoms with Crippen LogP contribution in [0, 0.1) is 0 Å². The minimum atomic E-state index is -3.37. The van der Waals surface area contributed by atoms with Crippen molar-refractivity contribution in [3.05, 3.63) is 12.4 Å². The Kier molecular flexibility index (Phi) is 4.74. The number of nitrogens with two attached hydrogens (primary N) is 1. The summed E-state index contributed by atoms with van der Waals surface area (Å²) in [5.74, 6) is 0.0319. The maximum Gasteiger partial charge on any atom is 0.209 e. The van der Waals surface area contributed by atoms with Crippen molar-refractivity contribution in [2.45, 2.75) is 18.5 Å². The lowest BCUT2D eigenvalue weighted by atomic mass is 10.1. The van der Waals surface area contributed by atoms with Crippen LogP contribution in [0.1, 0.15) is 12.5 Å². The minimum absolute atomic E-state index is 0.0319. The fraction of sp³-hybridized carbons (Fsp3) is 0.818. The lowest BCUT2D eigenvalue weighted by Gasteiger charge is -2.24. The Morgan fingerprint density at radius 2 is 2.15 bits per heavy atom. The van der Waals surface area contributed by atoms with Crippen LogP contribution in [0.15, 0.2) is 12.4 Å². The maximum atomic E-state index is 11.0. The first-order valence-corrected chi connectivity index (χ1v) is 8.33. The Labute approximate surface area is 119 Å². The van der Waals surface area contributed by atoms with Crippen LogP contribution in [-0.2, 0) is 10.0 Å². The van der Waals surface area contributed by atoms with Crippen molar-refractivity contribution in [2.75, 3.05) is 39.5 Å². The number of likely N-dealkylation sites (N-methyl/N-ethyl adjacent to an activating group) is 1. The fourth-order valence-electron chi connectivity index (χ4n) is 2.68. The molecule has 0 unspecified atom stereocenters. The average Bonchev–Trinajstić information content (AvgIpc) is 2.94. The van der Waals surface area contributed by atoms with E-state index in [4.69, 9.17) is 5.14 Å². The van der Waals surface area contributed by atoms with Crippen LogP contribution in [0.2, 0.25) is 0 Å². The average molecular weight is 302 g/mol. The molecule has 2 atom stereocenters. The van der Waals surface area contributed by atoms with E-state index < -0.39 is 10.0 Å². The van der Waals surface area contributed by atoms with Gasteiger partial charge in [0.2, 0.25) is 10.0 Å². The van der Waals surface area contributed by atoms with E-state index >= 15 is 0 Å². The molecule has 1 aliphatic heterocycles. The normalized spacial score (nSPS) is 24.6. The van der Waals surface area contributed by atoms with Crippen LogP contribution in [0.5, 0.6) is 0 Å². The van der Waals surface area contributed by atoms with Gasteiger partial charge in [0.15, 0.2) is 0 Å². The van der Waals surface area contributed by atoms with Crippen molar-refractivity contribution in [2.24, 2.45) is 5.14 Å². The smallest absolute Gasteiger partial charge is 0.209 e. The predicted molar refractivity (Wildman–Crippen MR) is 75.6 cm³/mol. The molecule has 1 saturated heterocycles. The van der Waals surface area contributed by atoms with Crippen LogP contribution >= 0.6 is 0 Å². The van der Waals surface area contributed by atoms with Crippen LogP contribution in [0.25, 0.3) is 0 Å². The third-order valence-corrected chi connectivity index (χ3v) is 4.54. The van der Waals surface area contributed by atoms with E-state index in [-0.39, 0.29) is 11.8 Å². The monoisotopic (exact) mass is 302 g/mol. The van der Waals surface area contributed by atoms with Gasteiger partial charge in [0.05, 0.1) is 18.0 Å². The largest absolute Gasteiger partial charge is 0.303 e. The van der Waals surface area contributed by atoms with Crippen LogP contribution < -0.4 is 5.14 Å². The van der Waals surface area contributed by atoms with Gasteiger partial charge in [0.1, 0.15) is 0 Å². The second-order valence-electron chi connectivity index (χ2n) is 5.46. The third kappa shape index (κ3) is 3.98. The van der Waals surface area contributed by atoms with Gasteiger partial charge in [-0.3, -0.25) is 4.90 Å². The van der Waals surface area contributed by atoms with Crippen LogP contribution in [0.3, 0.4) is 0 Å². The summed E-state index contributed by atoms with van der Waals surface area (Å²) in [6, 6.07) is 0.577. The zero-order valence-corrected chi connectivity index (χ0v) is 12.7. The number of primary sulfonamides is 1. The molecule has 0 amide bonds. The molecule has 1 aliphatic rings. The van der Waals surface area contributed by atoms with Gasteiger partial charge >= 0.3 is 0 Å². The quantitative estimate of drug-likeness (QED) is 0.705. The van der Waals surface area contributed by atoms with Gasteiger partial charge in [-0.05, 0) is 27.1 Å². The Hall–Kier alpha value is -1.03. The summed E-state index contributed by atoms with van der Waals surface area (Å²) >= 11 is 0. The van der Waals surface area contributed by atoms with E-state index in [1.807, 2.05) is 25.0 Å². The van der Waals surface area contributed by atoms with Crippen molar-refractivity contribution in [3.8, 4) is 0 Å². The highest BCUT2D eigenvalue weighted by Crippen LogP contribution is 2.24. The molecular weight excluding hydrogens is 280 g/mol. The molecule has 8 nitrogen and oxygen atoms in total. The van der Waals surface area contributed by atoms with E-state index in [1.54, 1.807) is 6.20 Å². The summed E-state index contributed by atoms with van der Waals surface area (Å²) in [4.78, 5) is 4.42. The molecule has 0 aromatic carbocycles. The molecular formula is C11H22N6O2S. The number of hydrogen-bond acceptors (Lipinski definition) is 6. The Bertz CT molecular complexity index is 515. The molecule has 1 aromatic heterocycles. The lowest BCUT2D eigenvalue weighted by molar-refractivity contribution is 0.238. The van der Waals surface area contributed by atoms with Gasteiger partial charge < -0.3 is 4.90 Å². The van der Waals surface area contributed by atoms with Gasteiger partial charge in [-0.15, -0.1) is 5.10 Å². The van der Waals surface area contributed by atoms with E-state index in [0.717, 1.165) is 19.6 Å². The number of aromatic nitrogens is 3. The molecule has 0 radical (unpaired) electrons. The molecule has 2 N–H and O–H groups in total. The van der Waals surface area contributed by atoms with Gasteiger partial charge in [0.25, 0.3) is 0 Å². The number of nitrogens with zero attached hydrogens (tertiary/aromatic N) is 5. The van der Waals surface area contributed by atoms with E-state index in [1.165, 1.54) is 0 Å².